The summed E-state index contributed by atoms with van der Waals surface area (Å²) in [6.45, 7) is 4.50. The lowest BCUT2D eigenvalue weighted by atomic mass is 10.2. The predicted octanol–water partition coefficient (Wildman–Crippen LogP) is 3.78. The largest absolute Gasteiger partial charge is 0.489 e. The lowest BCUT2D eigenvalue weighted by Crippen LogP contribution is -2.30. The lowest BCUT2D eigenvalue weighted by molar-refractivity contribution is 0.0773. The van der Waals surface area contributed by atoms with Crippen LogP contribution in [0.3, 0.4) is 0 Å². The maximum Gasteiger partial charge on any atom is 0.253 e. The molecule has 1 amide bonds. The summed E-state index contributed by atoms with van der Waals surface area (Å²) in [4.78, 5) is 14.1. The van der Waals surface area contributed by atoms with Crippen molar-refractivity contribution in [3.63, 3.8) is 0 Å². The highest BCUT2D eigenvalue weighted by Gasteiger charge is 2.13. The van der Waals surface area contributed by atoms with Gasteiger partial charge in [0, 0.05) is 18.3 Å². The molecular formula is C21H22FN3O2. The zero-order valence-electron chi connectivity index (χ0n) is 15.6. The average molecular weight is 367 g/mol. The zero-order chi connectivity index (χ0) is 19.4. The summed E-state index contributed by atoms with van der Waals surface area (Å²) in [6.07, 6.45) is 0. The molecule has 0 atom stereocenters. The van der Waals surface area contributed by atoms with Crippen LogP contribution in [0, 0.1) is 19.7 Å². The molecule has 0 saturated heterocycles. The number of nitrogens with zero attached hydrogens (tertiary/aromatic N) is 3. The Morgan fingerprint density at radius 3 is 2.48 bits per heavy atom. The monoisotopic (exact) mass is 367 g/mol. The van der Waals surface area contributed by atoms with Gasteiger partial charge in [0.25, 0.3) is 5.91 Å². The van der Waals surface area contributed by atoms with E-state index in [4.69, 9.17) is 4.74 Å². The van der Waals surface area contributed by atoms with Gasteiger partial charge in [0.2, 0.25) is 0 Å². The van der Waals surface area contributed by atoms with Gasteiger partial charge in [-0.1, -0.05) is 12.1 Å². The summed E-state index contributed by atoms with van der Waals surface area (Å²) < 4.78 is 20.8. The number of hydrogen-bond donors (Lipinski definition) is 0. The van der Waals surface area contributed by atoms with Crippen LogP contribution in [0.1, 0.15) is 21.7 Å². The summed E-state index contributed by atoms with van der Waals surface area (Å²) in [6, 6.07) is 15.5. The third-order valence-corrected chi connectivity index (χ3v) is 4.24. The first kappa shape index (κ1) is 18.6. The number of carbonyl (C=O) groups is 1. The molecule has 0 aliphatic carbocycles. The van der Waals surface area contributed by atoms with Crippen LogP contribution in [0.5, 0.6) is 5.75 Å². The van der Waals surface area contributed by atoms with E-state index in [1.807, 2.05) is 36.7 Å². The molecule has 6 heteroatoms. The Kier molecular flexibility index (Phi) is 5.54. The van der Waals surface area contributed by atoms with E-state index in [1.165, 1.54) is 6.07 Å². The van der Waals surface area contributed by atoms with Crippen LogP contribution < -0.4 is 4.74 Å². The molecule has 1 heterocycles. The first-order valence-corrected chi connectivity index (χ1v) is 8.72. The van der Waals surface area contributed by atoms with Gasteiger partial charge in [-0.25, -0.2) is 9.07 Å². The average Bonchev–Trinajstić information content (AvgIpc) is 3.01. The van der Waals surface area contributed by atoms with Crippen molar-refractivity contribution in [3.05, 3.63) is 77.4 Å². The van der Waals surface area contributed by atoms with Crippen LogP contribution in [-0.2, 0) is 0 Å². The number of halogens is 1. The second-order valence-corrected chi connectivity index (χ2v) is 6.39. The van der Waals surface area contributed by atoms with Crippen LogP contribution >= 0.6 is 0 Å². The van der Waals surface area contributed by atoms with Crippen LogP contribution in [0.4, 0.5) is 4.39 Å². The Morgan fingerprint density at radius 2 is 1.85 bits per heavy atom. The van der Waals surface area contributed by atoms with E-state index >= 15 is 0 Å². The van der Waals surface area contributed by atoms with E-state index in [0.29, 0.717) is 12.1 Å². The van der Waals surface area contributed by atoms with E-state index in [-0.39, 0.29) is 18.3 Å². The quantitative estimate of drug-likeness (QED) is 0.666. The molecule has 0 fully saturated rings. The standard InChI is InChI=1S/C21H22FN3O2/c1-15-14-16(2)25(23-15)18-10-8-17(9-11-18)21(26)24(3)12-13-27-20-7-5-4-6-19(20)22/h4-11,14H,12-13H2,1-3H3. The molecule has 0 unspecified atom stereocenters. The van der Waals surface area contributed by atoms with Crippen LogP contribution in [0.15, 0.2) is 54.6 Å². The molecule has 3 rings (SSSR count). The molecule has 0 N–H and O–H groups in total. The first-order chi connectivity index (χ1) is 13.0. The molecule has 0 radical (unpaired) electrons. The number of rotatable bonds is 6. The van der Waals surface area contributed by atoms with Gasteiger partial charge < -0.3 is 9.64 Å². The second kappa shape index (κ2) is 8.03. The van der Waals surface area contributed by atoms with Gasteiger partial charge in [0.15, 0.2) is 11.6 Å². The summed E-state index contributed by atoms with van der Waals surface area (Å²) in [5, 5.41) is 4.44. The number of carbonyl (C=O) groups excluding carboxylic acids is 1. The van der Waals surface area contributed by atoms with Gasteiger partial charge >= 0.3 is 0 Å². The minimum Gasteiger partial charge on any atom is -0.489 e. The van der Waals surface area contributed by atoms with Gasteiger partial charge in [0.05, 0.1) is 17.9 Å². The Hall–Kier alpha value is -3.15. The topological polar surface area (TPSA) is 47.4 Å². The normalized spacial score (nSPS) is 10.7. The highest BCUT2D eigenvalue weighted by atomic mass is 19.1. The first-order valence-electron chi connectivity index (χ1n) is 8.72. The third kappa shape index (κ3) is 4.34. The van der Waals surface area contributed by atoms with Crippen molar-refractivity contribution < 1.29 is 13.9 Å². The van der Waals surface area contributed by atoms with Gasteiger partial charge in [0.1, 0.15) is 6.61 Å². The maximum absolute atomic E-state index is 13.5. The van der Waals surface area contributed by atoms with Gasteiger partial charge in [-0.2, -0.15) is 5.10 Å². The molecule has 5 nitrogen and oxygen atoms in total. The SMILES string of the molecule is Cc1cc(C)n(-c2ccc(C(=O)N(C)CCOc3ccccc3F)cc2)n1. The van der Waals surface area contributed by atoms with E-state index in [2.05, 4.69) is 5.10 Å². The Labute approximate surface area is 158 Å². The number of para-hydroxylation sites is 1. The van der Waals surface area contributed by atoms with Crippen LogP contribution in [0.2, 0.25) is 0 Å². The molecule has 0 aliphatic heterocycles. The Balaban J connectivity index is 1.60. The molecular weight excluding hydrogens is 345 g/mol. The Morgan fingerprint density at radius 1 is 1.15 bits per heavy atom. The minimum absolute atomic E-state index is 0.118. The molecule has 0 bridgehead atoms. The number of aryl methyl sites for hydroxylation is 2. The van der Waals surface area contributed by atoms with Gasteiger partial charge in [-0.3, -0.25) is 4.79 Å². The zero-order valence-corrected chi connectivity index (χ0v) is 15.6. The number of benzene rings is 2. The number of aromatic nitrogens is 2. The molecule has 2 aromatic carbocycles. The second-order valence-electron chi connectivity index (χ2n) is 6.39. The molecule has 0 spiro atoms. The van der Waals surface area contributed by atoms with E-state index in [0.717, 1.165) is 17.1 Å². The van der Waals surface area contributed by atoms with Gasteiger partial charge in [-0.15, -0.1) is 0 Å². The van der Waals surface area contributed by atoms with Crippen molar-refractivity contribution in [2.45, 2.75) is 13.8 Å². The predicted molar refractivity (Wildman–Crippen MR) is 102 cm³/mol. The van der Waals surface area contributed by atoms with E-state index in [9.17, 15) is 9.18 Å². The molecule has 0 aliphatic rings. The molecule has 3 aromatic rings. The fourth-order valence-corrected chi connectivity index (χ4v) is 2.81. The van der Waals surface area contributed by atoms with Gasteiger partial charge in [-0.05, 0) is 56.3 Å². The van der Waals surface area contributed by atoms with Crippen molar-refractivity contribution >= 4 is 5.91 Å². The molecule has 140 valence electrons. The van der Waals surface area contributed by atoms with Crippen molar-refractivity contribution in [1.82, 2.24) is 14.7 Å². The van der Waals surface area contributed by atoms with Crippen molar-refractivity contribution in [3.8, 4) is 11.4 Å². The number of ether oxygens (including phenoxy) is 1. The smallest absolute Gasteiger partial charge is 0.253 e. The molecule has 1 aromatic heterocycles. The molecule has 27 heavy (non-hydrogen) atoms. The van der Waals surface area contributed by atoms with Crippen molar-refractivity contribution in [2.75, 3.05) is 20.2 Å². The van der Waals surface area contributed by atoms with Crippen molar-refractivity contribution in [1.29, 1.82) is 0 Å². The summed E-state index contributed by atoms with van der Waals surface area (Å²) >= 11 is 0. The minimum atomic E-state index is -0.411. The number of amides is 1. The lowest BCUT2D eigenvalue weighted by Gasteiger charge is -2.18. The summed E-state index contributed by atoms with van der Waals surface area (Å²) in [7, 11) is 1.70. The van der Waals surface area contributed by atoms with Crippen LogP contribution in [0.25, 0.3) is 5.69 Å². The summed E-state index contributed by atoms with van der Waals surface area (Å²) in [5.74, 6) is -0.342. The summed E-state index contributed by atoms with van der Waals surface area (Å²) in [5.41, 5.74) is 3.47. The van der Waals surface area contributed by atoms with Crippen LogP contribution in [-0.4, -0.2) is 40.8 Å². The molecule has 0 saturated carbocycles. The number of likely N-dealkylation sites (N-methyl/N-ethyl adjacent to an activating group) is 1. The van der Waals surface area contributed by atoms with E-state index in [1.54, 1.807) is 42.3 Å². The van der Waals surface area contributed by atoms with E-state index < -0.39 is 5.82 Å². The number of hydrogen-bond acceptors (Lipinski definition) is 3. The Bertz CT molecular complexity index is 935. The third-order valence-electron chi connectivity index (χ3n) is 4.24. The maximum atomic E-state index is 13.5. The fourth-order valence-electron chi connectivity index (χ4n) is 2.81. The highest BCUT2D eigenvalue weighted by molar-refractivity contribution is 5.94. The fraction of sp³-hybridized carbons (Fsp3) is 0.238. The van der Waals surface area contributed by atoms with Crippen molar-refractivity contribution in [2.24, 2.45) is 0 Å². The highest BCUT2D eigenvalue weighted by Crippen LogP contribution is 2.16.